The fourth-order valence-electron chi connectivity index (χ4n) is 3.96. The summed E-state index contributed by atoms with van der Waals surface area (Å²) in [4.78, 5) is 41.5. The number of H-pyrrole nitrogens is 1. The van der Waals surface area contributed by atoms with Crippen LogP contribution in [-0.4, -0.2) is 51.9 Å². The number of para-hydroxylation sites is 1. The summed E-state index contributed by atoms with van der Waals surface area (Å²) < 4.78 is 0. The minimum Gasteiger partial charge on any atom is -0.481 e. The van der Waals surface area contributed by atoms with E-state index in [1.54, 1.807) is 4.90 Å². The zero-order chi connectivity index (χ0) is 19.7. The Morgan fingerprint density at radius 2 is 1.89 bits per heavy atom. The number of benzene rings is 1. The Morgan fingerprint density at radius 3 is 2.64 bits per heavy atom. The fraction of sp³-hybridized carbons (Fsp3) is 0.476. The predicted molar refractivity (Wildman–Crippen MR) is 104 cm³/mol. The first-order valence-corrected chi connectivity index (χ1v) is 9.87. The zero-order valence-electron chi connectivity index (χ0n) is 15.7. The van der Waals surface area contributed by atoms with Crippen molar-refractivity contribution in [1.82, 2.24) is 15.2 Å². The maximum Gasteiger partial charge on any atom is 0.308 e. The van der Waals surface area contributed by atoms with Crippen molar-refractivity contribution in [3.8, 4) is 0 Å². The maximum atomic E-state index is 12.8. The molecule has 148 valence electrons. The molecule has 0 unspecified atom stereocenters. The van der Waals surface area contributed by atoms with Gasteiger partial charge in [0.1, 0.15) is 0 Å². The van der Waals surface area contributed by atoms with E-state index in [9.17, 15) is 19.5 Å². The molecule has 0 radical (unpaired) electrons. The highest BCUT2D eigenvalue weighted by molar-refractivity contribution is 5.85. The van der Waals surface area contributed by atoms with Crippen LogP contribution in [0.4, 0.5) is 0 Å². The fourth-order valence-corrected chi connectivity index (χ4v) is 3.96. The smallest absolute Gasteiger partial charge is 0.308 e. The number of fused-ring (bicyclic) bond motifs is 1. The van der Waals surface area contributed by atoms with E-state index in [4.69, 9.17) is 0 Å². The number of carbonyl (C=O) groups excluding carboxylic acids is 2. The number of aliphatic carboxylic acids is 1. The Labute approximate surface area is 163 Å². The highest BCUT2D eigenvalue weighted by Gasteiger charge is 2.38. The van der Waals surface area contributed by atoms with E-state index in [2.05, 4.69) is 10.3 Å². The summed E-state index contributed by atoms with van der Waals surface area (Å²) in [5, 5.41) is 13.5. The molecule has 1 aliphatic carbocycles. The van der Waals surface area contributed by atoms with Crippen LogP contribution >= 0.6 is 0 Å². The van der Waals surface area contributed by atoms with E-state index < -0.39 is 17.8 Å². The van der Waals surface area contributed by atoms with E-state index in [-0.39, 0.29) is 24.4 Å². The minimum atomic E-state index is -0.946. The van der Waals surface area contributed by atoms with Gasteiger partial charge in [0.2, 0.25) is 11.8 Å². The molecule has 2 aromatic rings. The van der Waals surface area contributed by atoms with Crippen LogP contribution in [0, 0.1) is 11.8 Å². The van der Waals surface area contributed by atoms with Crippen molar-refractivity contribution in [2.45, 2.75) is 38.1 Å². The number of rotatable bonds is 6. The number of carboxylic acids is 1. The van der Waals surface area contributed by atoms with Crippen LogP contribution in [0.15, 0.2) is 30.5 Å². The number of aryl methyl sites for hydroxylation is 1. The van der Waals surface area contributed by atoms with Crippen LogP contribution in [0.25, 0.3) is 10.9 Å². The number of nitrogens with one attached hydrogen (secondary N) is 2. The lowest BCUT2D eigenvalue weighted by Crippen LogP contribution is -2.50. The summed E-state index contributed by atoms with van der Waals surface area (Å²) in [7, 11) is 0. The third-order valence-electron chi connectivity index (χ3n) is 5.73. The molecule has 0 bridgehead atoms. The number of piperidine rings is 1. The zero-order valence-corrected chi connectivity index (χ0v) is 15.7. The van der Waals surface area contributed by atoms with Crippen molar-refractivity contribution in [3.05, 3.63) is 36.0 Å². The lowest BCUT2D eigenvalue weighted by molar-refractivity contribution is -0.148. The van der Waals surface area contributed by atoms with Gasteiger partial charge in [-0.25, -0.2) is 0 Å². The van der Waals surface area contributed by atoms with Crippen molar-refractivity contribution < 1.29 is 19.5 Å². The number of carboxylic acid groups (broad SMARTS) is 1. The van der Waals surface area contributed by atoms with Crippen LogP contribution < -0.4 is 5.32 Å². The summed E-state index contributed by atoms with van der Waals surface area (Å²) in [6.07, 6.45) is 5.05. The second-order valence-corrected chi connectivity index (χ2v) is 7.91. The average molecular weight is 383 g/mol. The molecule has 2 atom stereocenters. The molecule has 1 aromatic heterocycles. The molecule has 2 amide bonds. The van der Waals surface area contributed by atoms with Crippen LogP contribution in [0.5, 0.6) is 0 Å². The molecule has 2 aliphatic rings. The van der Waals surface area contributed by atoms with E-state index in [1.165, 1.54) is 0 Å². The first-order chi connectivity index (χ1) is 13.5. The Hall–Kier alpha value is -2.83. The monoisotopic (exact) mass is 383 g/mol. The summed E-state index contributed by atoms with van der Waals surface area (Å²) in [5.41, 5.74) is 2.10. The number of aromatic amines is 1. The Bertz CT molecular complexity index is 902. The predicted octanol–water partition coefficient (Wildman–Crippen LogP) is 1.93. The molecule has 2 fully saturated rings. The minimum absolute atomic E-state index is 0.0968. The molecule has 4 rings (SSSR count). The van der Waals surface area contributed by atoms with Gasteiger partial charge in [-0.2, -0.15) is 0 Å². The largest absolute Gasteiger partial charge is 0.481 e. The van der Waals surface area contributed by atoms with Crippen molar-refractivity contribution in [2.75, 3.05) is 13.1 Å². The van der Waals surface area contributed by atoms with Crippen molar-refractivity contribution in [3.63, 3.8) is 0 Å². The van der Waals surface area contributed by atoms with Crippen LogP contribution in [-0.2, 0) is 20.8 Å². The molecule has 1 saturated carbocycles. The second kappa shape index (κ2) is 7.66. The third kappa shape index (κ3) is 4.03. The van der Waals surface area contributed by atoms with Gasteiger partial charge in [-0.1, -0.05) is 18.2 Å². The molecule has 0 spiro atoms. The van der Waals surface area contributed by atoms with Crippen LogP contribution in [0.3, 0.4) is 0 Å². The van der Waals surface area contributed by atoms with Gasteiger partial charge in [-0.15, -0.1) is 0 Å². The first-order valence-electron chi connectivity index (χ1n) is 9.87. The second-order valence-electron chi connectivity index (χ2n) is 7.91. The lowest BCUT2D eigenvalue weighted by atomic mass is 9.88. The quantitative estimate of drug-likeness (QED) is 0.709. The van der Waals surface area contributed by atoms with Crippen molar-refractivity contribution >= 4 is 28.7 Å². The maximum absolute atomic E-state index is 12.8. The number of aromatic nitrogens is 1. The van der Waals surface area contributed by atoms with Gasteiger partial charge in [0.25, 0.3) is 0 Å². The number of hydrogen-bond acceptors (Lipinski definition) is 3. The average Bonchev–Trinajstić information content (AvgIpc) is 3.42. The van der Waals surface area contributed by atoms with Gasteiger partial charge in [0.05, 0.1) is 11.8 Å². The molecule has 1 saturated heterocycles. The van der Waals surface area contributed by atoms with E-state index in [1.807, 2.05) is 30.5 Å². The third-order valence-corrected chi connectivity index (χ3v) is 5.73. The Balaban J connectivity index is 1.41. The molecular formula is C21H25N3O4. The number of amides is 2. The number of carbonyl (C=O) groups is 3. The molecule has 3 N–H and O–H groups in total. The normalized spacial score (nSPS) is 22.2. The van der Waals surface area contributed by atoms with Gasteiger partial charge >= 0.3 is 5.97 Å². The molecule has 1 aliphatic heterocycles. The molecule has 1 aromatic carbocycles. The standard InChI is InChI=1S/C21H25N3O4/c25-19(8-5-13-10-22-18-4-2-1-3-17(13)18)24-11-14(9-15(12-24)21(27)28)20(26)23-16-6-7-16/h1-4,10,14-16,22H,5-9,11-12H2,(H,23,26)(H,27,28)/t14-,15-/m0/s1. The van der Waals surface area contributed by atoms with E-state index in [0.29, 0.717) is 25.8 Å². The summed E-state index contributed by atoms with van der Waals surface area (Å²) >= 11 is 0. The number of likely N-dealkylation sites (tertiary alicyclic amines) is 1. The highest BCUT2D eigenvalue weighted by atomic mass is 16.4. The summed E-state index contributed by atoms with van der Waals surface area (Å²) in [6, 6.07) is 8.16. The van der Waals surface area contributed by atoms with Gasteiger partial charge in [-0.05, 0) is 37.3 Å². The van der Waals surface area contributed by atoms with Gasteiger partial charge in [-0.3, -0.25) is 14.4 Å². The van der Waals surface area contributed by atoms with Gasteiger partial charge in [0, 0.05) is 42.7 Å². The van der Waals surface area contributed by atoms with Crippen LogP contribution in [0.1, 0.15) is 31.2 Å². The molecule has 7 nitrogen and oxygen atoms in total. The molecular weight excluding hydrogens is 358 g/mol. The first kappa shape index (κ1) is 18.5. The number of hydrogen-bond donors (Lipinski definition) is 3. The molecule has 7 heteroatoms. The Kier molecular flexibility index (Phi) is 5.07. The van der Waals surface area contributed by atoms with Gasteiger partial charge in [0.15, 0.2) is 0 Å². The van der Waals surface area contributed by atoms with Gasteiger partial charge < -0.3 is 20.3 Å². The lowest BCUT2D eigenvalue weighted by Gasteiger charge is -2.35. The van der Waals surface area contributed by atoms with E-state index >= 15 is 0 Å². The SMILES string of the molecule is O=C(O)[C@H]1C[C@H](C(=O)NC2CC2)CN(C(=O)CCc2c[nH]c3ccccc23)C1. The topological polar surface area (TPSA) is 102 Å². The Morgan fingerprint density at radius 1 is 1.14 bits per heavy atom. The van der Waals surface area contributed by atoms with Crippen LogP contribution in [0.2, 0.25) is 0 Å². The molecule has 28 heavy (non-hydrogen) atoms. The van der Waals surface area contributed by atoms with Crippen molar-refractivity contribution in [1.29, 1.82) is 0 Å². The van der Waals surface area contributed by atoms with Crippen molar-refractivity contribution in [2.24, 2.45) is 11.8 Å². The number of nitrogens with zero attached hydrogens (tertiary/aromatic N) is 1. The molecule has 2 heterocycles. The van der Waals surface area contributed by atoms with E-state index in [0.717, 1.165) is 29.3 Å². The summed E-state index contributed by atoms with van der Waals surface area (Å²) in [5.74, 6) is -2.31. The highest BCUT2D eigenvalue weighted by Crippen LogP contribution is 2.26. The summed E-state index contributed by atoms with van der Waals surface area (Å²) in [6.45, 7) is 0.476.